The lowest BCUT2D eigenvalue weighted by molar-refractivity contribution is 0.0944. The molecule has 1 amide bonds. The minimum atomic E-state index is -0.347. The van der Waals surface area contributed by atoms with E-state index in [1.54, 1.807) is 24.4 Å². The molecule has 0 spiro atoms. The van der Waals surface area contributed by atoms with Crippen molar-refractivity contribution in [3.05, 3.63) is 57.6 Å². The van der Waals surface area contributed by atoms with Crippen molar-refractivity contribution >= 4 is 34.9 Å². The lowest BCUT2D eigenvalue weighted by Gasteiger charge is -2.05. The van der Waals surface area contributed by atoms with E-state index in [1.165, 1.54) is 4.52 Å². The summed E-state index contributed by atoms with van der Waals surface area (Å²) in [6, 6.07) is 7.08. The second-order valence-corrected chi connectivity index (χ2v) is 5.82. The van der Waals surface area contributed by atoms with Gasteiger partial charge < -0.3 is 5.32 Å². The van der Waals surface area contributed by atoms with Gasteiger partial charge >= 0.3 is 0 Å². The highest BCUT2D eigenvalue weighted by Crippen LogP contribution is 2.21. The smallest absolute Gasteiger partial charge is 0.291 e. The van der Waals surface area contributed by atoms with Gasteiger partial charge in [-0.2, -0.15) is 4.98 Å². The van der Waals surface area contributed by atoms with Crippen molar-refractivity contribution < 1.29 is 4.79 Å². The molecule has 0 bridgehead atoms. The average molecular weight is 350 g/mol. The lowest BCUT2D eigenvalue weighted by Crippen LogP contribution is -2.26. The molecule has 1 N–H and O–H groups in total. The maximum Gasteiger partial charge on any atom is 0.291 e. The molecule has 0 aliphatic rings. The molecule has 6 nitrogen and oxygen atoms in total. The molecule has 0 unspecified atom stereocenters. The molecule has 1 aromatic carbocycles. The molecule has 23 heavy (non-hydrogen) atoms. The Morgan fingerprint density at radius 3 is 2.87 bits per heavy atom. The molecular formula is C15H13Cl2N5O. The zero-order chi connectivity index (χ0) is 16.4. The molecule has 0 fully saturated rings. The summed E-state index contributed by atoms with van der Waals surface area (Å²) >= 11 is 12.0. The van der Waals surface area contributed by atoms with E-state index in [-0.39, 0.29) is 11.7 Å². The highest BCUT2D eigenvalue weighted by Gasteiger charge is 2.14. The maximum absolute atomic E-state index is 12.1. The van der Waals surface area contributed by atoms with Crippen LogP contribution in [0.5, 0.6) is 0 Å². The van der Waals surface area contributed by atoms with Crippen LogP contribution in [0, 0.1) is 6.92 Å². The van der Waals surface area contributed by atoms with Crippen molar-refractivity contribution in [3.8, 4) is 0 Å². The highest BCUT2D eigenvalue weighted by molar-refractivity contribution is 6.35. The Morgan fingerprint density at radius 2 is 2.13 bits per heavy atom. The quantitative estimate of drug-likeness (QED) is 0.785. The van der Waals surface area contributed by atoms with Crippen molar-refractivity contribution in [3.63, 3.8) is 0 Å². The van der Waals surface area contributed by atoms with Crippen molar-refractivity contribution in [2.75, 3.05) is 6.54 Å². The van der Waals surface area contributed by atoms with E-state index in [0.717, 1.165) is 11.3 Å². The third-order valence-electron chi connectivity index (χ3n) is 3.33. The topological polar surface area (TPSA) is 72.2 Å². The molecule has 118 valence electrons. The van der Waals surface area contributed by atoms with E-state index in [2.05, 4.69) is 20.4 Å². The van der Waals surface area contributed by atoms with Crippen LogP contribution in [0.3, 0.4) is 0 Å². The summed E-state index contributed by atoms with van der Waals surface area (Å²) in [5, 5.41) is 8.09. The first-order valence-corrected chi connectivity index (χ1v) is 7.71. The van der Waals surface area contributed by atoms with Gasteiger partial charge in [0.15, 0.2) is 0 Å². The molecule has 2 heterocycles. The predicted molar refractivity (Wildman–Crippen MR) is 88.0 cm³/mol. The SMILES string of the molecule is Cc1ccnc2nc(C(=O)NCCc3ccc(Cl)cc3Cl)nn12. The van der Waals surface area contributed by atoms with Gasteiger partial charge in [-0.3, -0.25) is 4.79 Å². The van der Waals surface area contributed by atoms with E-state index >= 15 is 0 Å². The number of hydrogen-bond acceptors (Lipinski definition) is 4. The molecule has 0 saturated heterocycles. The number of carbonyl (C=O) groups excluding carboxylic acids is 1. The molecule has 0 radical (unpaired) electrons. The first-order chi connectivity index (χ1) is 11.0. The van der Waals surface area contributed by atoms with Gasteiger partial charge in [-0.15, -0.1) is 5.10 Å². The lowest BCUT2D eigenvalue weighted by atomic mass is 10.1. The van der Waals surface area contributed by atoms with Gasteiger partial charge in [-0.1, -0.05) is 29.3 Å². The molecule has 0 atom stereocenters. The number of nitrogens with zero attached hydrogens (tertiary/aromatic N) is 4. The van der Waals surface area contributed by atoms with E-state index in [4.69, 9.17) is 23.2 Å². The largest absolute Gasteiger partial charge is 0.349 e. The molecular weight excluding hydrogens is 337 g/mol. The highest BCUT2D eigenvalue weighted by atomic mass is 35.5. The number of aromatic nitrogens is 4. The van der Waals surface area contributed by atoms with Crippen LogP contribution in [0.25, 0.3) is 5.78 Å². The minimum absolute atomic E-state index is 0.0917. The molecule has 3 aromatic rings. The first kappa shape index (κ1) is 15.7. The molecule has 0 aliphatic carbocycles. The number of halogens is 2. The van der Waals surface area contributed by atoms with Gasteiger partial charge in [0.25, 0.3) is 11.7 Å². The Labute approximate surface area is 142 Å². The number of hydrogen-bond donors (Lipinski definition) is 1. The van der Waals surface area contributed by atoms with Crippen molar-refractivity contribution in [1.29, 1.82) is 0 Å². The van der Waals surface area contributed by atoms with Gasteiger partial charge in [-0.05, 0) is 37.1 Å². The number of aryl methyl sites for hydroxylation is 1. The minimum Gasteiger partial charge on any atom is -0.349 e. The first-order valence-electron chi connectivity index (χ1n) is 6.95. The van der Waals surface area contributed by atoms with Crippen LogP contribution in [0.15, 0.2) is 30.5 Å². The van der Waals surface area contributed by atoms with Crippen LogP contribution < -0.4 is 5.32 Å². The maximum atomic E-state index is 12.1. The zero-order valence-electron chi connectivity index (χ0n) is 12.3. The predicted octanol–water partition coefficient (Wildman–Crippen LogP) is 2.71. The van der Waals surface area contributed by atoms with E-state index in [1.807, 2.05) is 13.0 Å². The van der Waals surface area contributed by atoms with Crippen LogP contribution >= 0.6 is 23.2 Å². The van der Waals surface area contributed by atoms with Crippen molar-refractivity contribution in [1.82, 2.24) is 24.9 Å². The summed E-state index contributed by atoms with van der Waals surface area (Å²) in [4.78, 5) is 20.3. The third-order valence-corrected chi connectivity index (χ3v) is 3.91. The van der Waals surface area contributed by atoms with Crippen LogP contribution in [-0.4, -0.2) is 32.0 Å². The summed E-state index contributed by atoms with van der Waals surface area (Å²) in [6.07, 6.45) is 2.22. The van der Waals surface area contributed by atoms with E-state index in [0.29, 0.717) is 28.8 Å². The summed E-state index contributed by atoms with van der Waals surface area (Å²) in [5.74, 6) is 0.143. The Hall–Kier alpha value is -2.18. The standard InChI is InChI=1S/C15H13Cl2N5O/c1-9-4-6-19-15-20-13(21-22(9)15)14(23)18-7-5-10-2-3-11(16)8-12(10)17/h2-4,6,8H,5,7H2,1H3,(H,18,23). The summed E-state index contributed by atoms with van der Waals surface area (Å²) < 4.78 is 1.53. The molecule has 0 aliphatic heterocycles. The monoisotopic (exact) mass is 349 g/mol. The second-order valence-electron chi connectivity index (χ2n) is 4.98. The van der Waals surface area contributed by atoms with Gasteiger partial charge in [0.1, 0.15) is 0 Å². The van der Waals surface area contributed by atoms with Gasteiger partial charge in [0.2, 0.25) is 5.82 Å². The Kier molecular flexibility index (Phi) is 4.45. The fourth-order valence-corrected chi connectivity index (χ4v) is 2.62. The summed E-state index contributed by atoms with van der Waals surface area (Å²) in [5.41, 5.74) is 1.77. The zero-order valence-corrected chi connectivity index (χ0v) is 13.8. The number of benzene rings is 1. The Balaban J connectivity index is 1.65. The normalized spacial score (nSPS) is 10.9. The second kappa shape index (κ2) is 6.52. The fraction of sp³-hybridized carbons (Fsp3) is 0.200. The number of amides is 1. The third kappa shape index (κ3) is 3.43. The van der Waals surface area contributed by atoms with Crippen LogP contribution in [0.1, 0.15) is 21.9 Å². The molecule has 3 rings (SSSR count). The number of fused-ring (bicyclic) bond motifs is 1. The molecule has 0 saturated carbocycles. The Morgan fingerprint density at radius 1 is 1.30 bits per heavy atom. The van der Waals surface area contributed by atoms with Crippen LogP contribution in [-0.2, 0) is 6.42 Å². The molecule has 2 aromatic heterocycles. The number of rotatable bonds is 4. The number of nitrogens with one attached hydrogen (secondary N) is 1. The summed E-state index contributed by atoms with van der Waals surface area (Å²) in [6.45, 7) is 2.29. The summed E-state index contributed by atoms with van der Waals surface area (Å²) in [7, 11) is 0. The Bertz CT molecular complexity index is 877. The number of carbonyl (C=O) groups is 1. The van der Waals surface area contributed by atoms with Crippen LogP contribution in [0.4, 0.5) is 0 Å². The van der Waals surface area contributed by atoms with Crippen molar-refractivity contribution in [2.45, 2.75) is 13.3 Å². The van der Waals surface area contributed by atoms with E-state index < -0.39 is 0 Å². The van der Waals surface area contributed by atoms with E-state index in [9.17, 15) is 4.79 Å². The van der Waals surface area contributed by atoms with Gasteiger partial charge in [-0.25, -0.2) is 9.50 Å². The molecule has 8 heteroatoms. The van der Waals surface area contributed by atoms with Gasteiger partial charge in [0, 0.05) is 28.5 Å². The van der Waals surface area contributed by atoms with Gasteiger partial charge in [0.05, 0.1) is 0 Å². The average Bonchev–Trinajstić information content (AvgIpc) is 2.95. The van der Waals surface area contributed by atoms with Crippen molar-refractivity contribution in [2.24, 2.45) is 0 Å². The van der Waals surface area contributed by atoms with Crippen LogP contribution in [0.2, 0.25) is 10.0 Å². The fourth-order valence-electron chi connectivity index (χ4n) is 2.12.